The lowest BCUT2D eigenvalue weighted by molar-refractivity contribution is -0.136. The zero-order valence-electron chi connectivity index (χ0n) is 13.9. The molecule has 0 aliphatic heterocycles. The third-order valence-corrected chi connectivity index (χ3v) is 3.59. The van der Waals surface area contributed by atoms with Gasteiger partial charge in [0.2, 0.25) is 0 Å². The van der Waals surface area contributed by atoms with Crippen molar-refractivity contribution < 1.29 is 14.0 Å². The molecule has 23 heavy (non-hydrogen) atoms. The Morgan fingerprint density at radius 2 is 1.78 bits per heavy atom. The lowest BCUT2D eigenvalue weighted by Gasteiger charge is -2.15. The van der Waals surface area contributed by atoms with E-state index in [9.17, 15) is 9.59 Å². The van der Waals surface area contributed by atoms with E-state index in [0.29, 0.717) is 12.1 Å². The molecule has 0 radical (unpaired) electrons. The summed E-state index contributed by atoms with van der Waals surface area (Å²) in [6, 6.07) is 7.38. The Labute approximate surface area is 136 Å². The van der Waals surface area contributed by atoms with Crippen LogP contribution in [-0.4, -0.2) is 17.9 Å². The summed E-state index contributed by atoms with van der Waals surface area (Å²) < 4.78 is 5.23. The van der Waals surface area contributed by atoms with Gasteiger partial charge in [-0.1, -0.05) is 17.7 Å². The van der Waals surface area contributed by atoms with Crippen molar-refractivity contribution in [2.75, 3.05) is 5.32 Å². The summed E-state index contributed by atoms with van der Waals surface area (Å²) in [5.41, 5.74) is 3.68. The molecule has 5 nitrogen and oxygen atoms in total. The van der Waals surface area contributed by atoms with Crippen molar-refractivity contribution in [2.45, 2.75) is 40.2 Å². The zero-order chi connectivity index (χ0) is 17.0. The molecule has 122 valence electrons. The summed E-state index contributed by atoms with van der Waals surface area (Å²) in [6.45, 7) is 7.64. The average Bonchev–Trinajstić information content (AvgIpc) is 2.95. The number of amides is 2. The van der Waals surface area contributed by atoms with Crippen LogP contribution in [0.25, 0.3) is 0 Å². The second-order valence-corrected chi connectivity index (χ2v) is 5.89. The van der Waals surface area contributed by atoms with Crippen LogP contribution in [0.5, 0.6) is 0 Å². The van der Waals surface area contributed by atoms with Gasteiger partial charge in [-0.2, -0.15) is 0 Å². The van der Waals surface area contributed by atoms with Gasteiger partial charge in [-0.25, -0.2) is 0 Å². The second-order valence-electron chi connectivity index (χ2n) is 5.89. The molecule has 1 aromatic carbocycles. The smallest absolute Gasteiger partial charge is 0.313 e. The minimum absolute atomic E-state index is 0.195. The number of benzene rings is 1. The Kier molecular flexibility index (Phi) is 5.21. The molecule has 1 atom stereocenters. The maximum atomic E-state index is 12.1. The standard InChI is InChI=1S/C18H22N2O3/c1-11-8-12(2)16(13(3)9-11)20-18(22)17(21)19-14(4)10-15-6-5-7-23-15/h5-9,14H,10H2,1-4H3,(H,19,21)(H,20,22). The van der Waals surface area contributed by atoms with Crippen molar-refractivity contribution >= 4 is 17.5 Å². The number of hydrogen-bond donors (Lipinski definition) is 2. The highest BCUT2D eigenvalue weighted by molar-refractivity contribution is 6.39. The Morgan fingerprint density at radius 3 is 2.35 bits per heavy atom. The minimum atomic E-state index is -0.661. The predicted molar refractivity (Wildman–Crippen MR) is 89.3 cm³/mol. The maximum absolute atomic E-state index is 12.1. The van der Waals surface area contributed by atoms with Crippen LogP contribution < -0.4 is 10.6 Å². The summed E-state index contributed by atoms with van der Waals surface area (Å²) in [5, 5.41) is 5.37. The molecule has 2 N–H and O–H groups in total. The van der Waals surface area contributed by atoms with Gasteiger partial charge >= 0.3 is 11.8 Å². The van der Waals surface area contributed by atoms with Gasteiger partial charge in [-0.05, 0) is 51.0 Å². The lowest BCUT2D eigenvalue weighted by atomic mass is 10.1. The van der Waals surface area contributed by atoms with E-state index in [2.05, 4.69) is 10.6 Å². The summed E-state index contributed by atoms with van der Waals surface area (Å²) >= 11 is 0. The van der Waals surface area contributed by atoms with Crippen LogP contribution >= 0.6 is 0 Å². The summed E-state index contributed by atoms with van der Waals surface area (Å²) in [7, 11) is 0. The van der Waals surface area contributed by atoms with E-state index in [4.69, 9.17) is 4.42 Å². The molecule has 0 saturated heterocycles. The third-order valence-electron chi connectivity index (χ3n) is 3.59. The molecule has 1 aromatic heterocycles. The van der Waals surface area contributed by atoms with Gasteiger partial charge in [-0.3, -0.25) is 9.59 Å². The molecule has 0 aliphatic rings. The topological polar surface area (TPSA) is 71.3 Å². The van der Waals surface area contributed by atoms with Crippen molar-refractivity contribution in [3.63, 3.8) is 0 Å². The van der Waals surface area contributed by atoms with Gasteiger partial charge in [0.15, 0.2) is 0 Å². The largest absolute Gasteiger partial charge is 0.469 e. The molecular formula is C18H22N2O3. The molecular weight excluding hydrogens is 292 g/mol. The van der Waals surface area contributed by atoms with Crippen LogP contribution in [0, 0.1) is 20.8 Å². The normalized spacial score (nSPS) is 11.8. The first-order valence-corrected chi connectivity index (χ1v) is 7.59. The molecule has 0 saturated carbocycles. The molecule has 1 heterocycles. The van der Waals surface area contributed by atoms with E-state index < -0.39 is 11.8 Å². The molecule has 2 rings (SSSR count). The van der Waals surface area contributed by atoms with Gasteiger partial charge in [0.1, 0.15) is 5.76 Å². The minimum Gasteiger partial charge on any atom is -0.469 e. The number of aryl methyl sites for hydroxylation is 3. The average molecular weight is 314 g/mol. The van der Waals surface area contributed by atoms with Gasteiger partial charge in [0, 0.05) is 18.2 Å². The molecule has 0 bridgehead atoms. The lowest BCUT2D eigenvalue weighted by Crippen LogP contribution is -2.41. The van der Waals surface area contributed by atoms with Crippen molar-refractivity contribution in [3.8, 4) is 0 Å². The van der Waals surface area contributed by atoms with Crippen molar-refractivity contribution in [1.29, 1.82) is 0 Å². The Morgan fingerprint density at radius 1 is 1.13 bits per heavy atom. The van der Waals surface area contributed by atoms with Gasteiger partial charge < -0.3 is 15.1 Å². The van der Waals surface area contributed by atoms with Crippen LogP contribution in [0.15, 0.2) is 34.9 Å². The Hall–Kier alpha value is -2.56. The highest BCUT2D eigenvalue weighted by Crippen LogP contribution is 2.21. The quantitative estimate of drug-likeness (QED) is 0.852. The molecule has 0 fully saturated rings. The summed E-state index contributed by atoms with van der Waals surface area (Å²) in [4.78, 5) is 24.1. The number of hydrogen-bond acceptors (Lipinski definition) is 3. The molecule has 1 unspecified atom stereocenters. The van der Waals surface area contributed by atoms with E-state index in [1.165, 1.54) is 0 Å². The maximum Gasteiger partial charge on any atom is 0.313 e. The second kappa shape index (κ2) is 7.13. The zero-order valence-corrected chi connectivity index (χ0v) is 13.9. The van der Waals surface area contributed by atoms with Crippen molar-refractivity contribution in [3.05, 3.63) is 53.0 Å². The van der Waals surface area contributed by atoms with Crippen LogP contribution in [0.1, 0.15) is 29.4 Å². The van der Waals surface area contributed by atoms with Gasteiger partial charge in [0.25, 0.3) is 0 Å². The first-order valence-electron chi connectivity index (χ1n) is 7.59. The molecule has 5 heteroatoms. The van der Waals surface area contributed by atoms with Crippen LogP contribution in [0.4, 0.5) is 5.69 Å². The fourth-order valence-corrected chi connectivity index (χ4v) is 2.62. The molecule has 2 aromatic rings. The number of carbonyl (C=O) groups excluding carboxylic acids is 2. The van der Waals surface area contributed by atoms with Crippen LogP contribution in [-0.2, 0) is 16.0 Å². The van der Waals surface area contributed by atoms with E-state index >= 15 is 0 Å². The molecule has 2 amide bonds. The van der Waals surface area contributed by atoms with E-state index in [-0.39, 0.29) is 6.04 Å². The Balaban J connectivity index is 1.96. The summed E-state index contributed by atoms with van der Waals surface area (Å²) in [5.74, 6) is -0.543. The molecule has 0 aliphatic carbocycles. The molecule has 0 spiro atoms. The highest BCUT2D eigenvalue weighted by atomic mass is 16.3. The number of carbonyl (C=O) groups is 2. The first kappa shape index (κ1) is 16.8. The van der Waals surface area contributed by atoms with E-state index in [1.807, 2.05) is 45.9 Å². The fraction of sp³-hybridized carbons (Fsp3) is 0.333. The van der Waals surface area contributed by atoms with Crippen molar-refractivity contribution in [1.82, 2.24) is 5.32 Å². The van der Waals surface area contributed by atoms with Gasteiger partial charge in [0.05, 0.1) is 6.26 Å². The monoisotopic (exact) mass is 314 g/mol. The van der Waals surface area contributed by atoms with E-state index in [0.717, 1.165) is 22.5 Å². The van der Waals surface area contributed by atoms with Gasteiger partial charge in [-0.15, -0.1) is 0 Å². The SMILES string of the molecule is Cc1cc(C)c(NC(=O)C(=O)NC(C)Cc2ccco2)c(C)c1. The van der Waals surface area contributed by atoms with E-state index in [1.54, 1.807) is 12.3 Å². The van der Waals surface area contributed by atoms with Crippen LogP contribution in [0.2, 0.25) is 0 Å². The summed E-state index contributed by atoms with van der Waals surface area (Å²) in [6.07, 6.45) is 2.12. The number of furan rings is 1. The highest BCUT2D eigenvalue weighted by Gasteiger charge is 2.18. The first-order chi connectivity index (χ1) is 10.9. The Bertz CT molecular complexity index is 682. The number of nitrogens with one attached hydrogen (secondary N) is 2. The number of anilines is 1. The number of rotatable bonds is 4. The van der Waals surface area contributed by atoms with Crippen molar-refractivity contribution in [2.24, 2.45) is 0 Å². The predicted octanol–water partition coefficient (Wildman–Crippen LogP) is 2.89. The fourth-order valence-electron chi connectivity index (χ4n) is 2.62. The van der Waals surface area contributed by atoms with Crippen LogP contribution in [0.3, 0.4) is 0 Å². The third kappa shape index (κ3) is 4.45.